The van der Waals surface area contributed by atoms with Gasteiger partial charge in [0.2, 0.25) is 0 Å². The van der Waals surface area contributed by atoms with Gasteiger partial charge in [-0.05, 0) is 77.7 Å². The summed E-state index contributed by atoms with van der Waals surface area (Å²) < 4.78 is 23.8. The smallest absolute Gasteiger partial charge is 0.263 e. The van der Waals surface area contributed by atoms with Gasteiger partial charge < -0.3 is 18.9 Å². The maximum Gasteiger partial charge on any atom is 0.263 e. The number of benzene rings is 3. The minimum Gasteiger partial charge on any atom is -0.497 e. The zero-order valence-electron chi connectivity index (χ0n) is 20.6. The lowest BCUT2D eigenvalue weighted by atomic mass is 10.1. The summed E-state index contributed by atoms with van der Waals surface area (Å²) in [6, 6.07) is 23.0. The number of nitrogens with zero attached hydrogens (tertiary/aromatic N) is 2. The van der Waals surface area contributed by atoms with Crippen LogP contribution in [0.4, 0.5) is 0 Å². The molecule has 0 aliphatic carbocycles. The molecule has 2 heterocycles. The van der Waals surface area contributed by atoms with Gasteiger partial charge in [0.25, 0.3) is 5.56 Å². The molecule has 0 radical (unpaired) electrons. The van der Waals surface area contributed by atoms with E-state index in [1.54, 1.807) is 24.9 Å². The lowest BCUT2D eigenvalue weighted by Crippen LogP contribution is -2.38. The standard InChI is InChI=1S/C29H30N2O5/c1-33-24-8-3-21(4-9-24)28-19-22-5-10-26(34-2)20-27(22)29(32)31(28)23-6-11-25(12-7-23)36-18-15-30-13-16-35-17-14-30/h3-12,19-20H,13-18H2,1-2H3. The van der Waals surface area contributed by atoms with Crippen molar-refractivity contribution in [2.45, 2.75) is 0 Å². The predicted molar refractivity (Wildman–Crippen MR) is 141 cm³/mol. The summed E-state index contributed by atoms with van der Waals surface area (Å²) in [7, 11) is 3.24. The number of aromatic nitrogens is 1. The van der Waals surface area contributed by atoms with E-state index in [9.17, 15) is 4.79 Å². The zero-order chi connectivity index (χ0) is 24.9. The van der Waals surface area contributed by atoms with E-state index in [2.05, 4.69) is 4.90 Å². The molecule has 0 amide bonds. The van der Waals surface area contributed by atoms with E-state index < -0.39 is 0 Å². The molecular weight excluding hydrogens is 456 g/mol. The fourth-order valence-electron chi connectivity index (χ4n) is 4.45. The number of rotatable bonds is 8. The minimum atomic E-state index is -0.113. The third kappa shape index (κ3) is 5.08. The number of pyridine rings is 1. The highest BCUT2D eigenvalue weighted by molar-refractivity contribution is 5.87. The molecule has 1 aliphatic rings. The number of morpholine rings is 1. The van der Waals surface area contributed by atoms with E-state index in [4.69, 9.17) is 18.9 Å². The summed E-state index contributed by atoms with van der Waals surface area (Å²) in [6.45, 7) is 4.89. The lowest BCUT2D eigenvalue weighted by molar-refractivity contribution is 0.0322. The largest absolute Gasteiger partial charge is 0.497 e. The molecule has 0 bridgehead atoms. The molecule has 0 saturated carbocycles. The fourth-order valence-corrected chi connectivity index (χ4v) is 4.45. The number of hydrogen-bond acceptors (Lipinski definition) is 6. The summed E-state index contributed by atoms with van der Waals surface area (Å²) in [4.78, 5) is 16.1. The van der Waals surface area contributed by atoms with Crippen LogP contribution in [0.5, 0.6) is 17.2 Å². The highest BCUT2D eigenvalue weighted by Crippen LogP contribution is 2.29. The van der Waals surface area contributed by atoms with Gasteiger partial charge in [0.05, 0.1) is 38.5 Å². The number of ether oxygens (including phenoxy) is 4. The topological polar surface area (TPSA) is 62.2 Å². The van der Waals surface area contributed by atoms with Gasteiger partial charge in [-0.25, -0.2) is 0 Å². The molecule has 5 rings (SSSR count). The Balaban J connectivity index is 1.49. The monoisotopic (exact) mass is 486 g/mol. The predicted octanol–water partition coefficient (Wildman–Crippen LogP) is 4.39. The second-order valence-corrected chi connectivity index (χ2v) is 8.65. The average Bonchev–Trinajstić information content (AvgIpc) is 2.94. The minimum absolute atomic E-state index is 0.113. The lowest BCUT2D eigenvalue weighted by Gasteiger charge is -2.26. The van der Waals surface area contributed by atoms with Gasteiger partial charge in [-0.15, -0.1) is 0 Å². The van der Waals surface area contributed by atoms with Crippen molar-refractivity contribution < 1.29 is 18.9 Å². The van der Waals surface area contributed by atoms with Crippen molar-refractivity contribution in [3.63, 3.8) is 0 Å². The molecule has 0 spiro atoms. The Kier molecular flexibility index (Phi) is 7.21. The third-order valence-corrected chi connectivity index (χ3v) is 6.49. The van der Waals surface area contributed by atoms with Gasteiger partial charge in [-0.1, -0.05) is 6.07 Å². The quantitative estimate of drug-likeness (QED) is 0.368. The molecular formula is C29H30N2O5. The summed E-state index contributed by atoms with van der Waals surface area (Å²) in [6.07, 6.45) is 0. The Morgan fingerprint density at radius 1 is 0.806 bits per heavy atom. The van der Waals surface area contributed by atoms with E-state index in [-0.39, 0.29) is 5.56 Å². The maximum atomic E-state index is 13.8. The summed E-state index contributed by atoms with van der Waals surface area (Å²) in [5.41, 5.74) is 2.35. The van der Waals surface area contributed by atoms with Crippen LogP contribution in [0.1, 0.15) is 0 Å². The molecule has 1 fully saturated rings. The zero-order valence-corrected chi connectivity index (χ0v) is 20.6. The van der Waals surface area contributed by atoms with Crippen LogP contribution in [-0.4, -0.2) is 63.1 Å². The van der Waals surface area contributed by atoms with Crippen molar-refractivity contribution in [2.24, 2.45) is 0 Å². The van der Waals surface area contributed by atoms with Gasteiger partial charge in [0.15, 0.2) is 0 Å². The van der Waals surface area contributed by atoms with Crippen LogP contribution in [0.3, 0.4) is 0 Å². The first-order valence-corrected chi connectivity index (χ1v) is 12.1. The van der Waals surface area contributed by atoms with Gasteiger partial charge in [0.1, 0.15) is 23.9 Å². The van der Waals surface area contributed by atoms with Gasteiger partial charge in [-0.2, -0.15) is 0 Å². The Hall–Kier alpha value is -3.81. The first kappa shape index (κ1) is 23.9. The molecule has 7 nitrogen and oxygen atoms in total. The molecule has 36 heavy (non-hydrogen) atoms. The van der Waals surface area contributed by atoms with Gasteiger partial charge in [0, 0.05) is 25.3 Å². The van der Waals surface area contributed by atoms with Crippen LogP contribution in [0, 0.1) is 0 Å². The van der Waals surface area contributed by atoms with Crippen LogP contribution in [0.2, 0.25) is 0 Å². The first-order chi connectivity index (χ1) is 17.7. The first-order valence-electron chi connectivity index (χ1n) is 12.1. The van der Waals surface area contributed by atoms with Crippen molar-refractivity contribution in [1.82, 2.24) is 9.47 Å². The van der Waals surface area contributed by atoms with Crippen LogP contribution < -0.4 is 19.8 Å². The molecule has 1 saturated heterocycles. The molecule has 0 unspecified atom stereocenters. The molecule has 186 valence electrons. The van der Waals surface area contributed by atoms with E-state index in [1.165, 1.54) is 0 Å². The molecule has 0 N–H and O–H groups in total. The van der Waals surface area contributed by atoms with Crippen molar-refractivity contribution in [3.05, 3.63) is 83.2 Å². The van der Waals surface area contributed by atoms with Crippen LogP contribution >= 0.6 is 0 Å². The normalized spacial score (nSPS) is 14.1. The fraction of sp³-hybridized carbons (Fsp3) is 0.276. The summed E-state index contributed by atoms with van der Waals surface area (Å²) >= 11 is 0. The average molecular weight is 487 g/mol. The second kappa shape index (κ2) is 10.8. The van der Waals surface area contributed by atoms with E-state index in [0.717, 1.165) is 66.7 Å². The van der Waals surface area contributed by atoms with Crippen molar-refractivity contribution in [3.8, 4) is 34.2 Å². The Bertz CT molecular complexity index is 1370. The highest BCUT2D eigenvalue weighted by atomic mass is 16.5. The Labute approximate surface area is 210 Å². The number of fused-ring (bicyclic) bond motifs is 1. The van der Waals surface area contributed by atoms with E-state index in [1.807, 2.05) is 66.7 Å². The Morgan fingerprint density at radius 3 is 2.17 bits per heavy atom. The molecule has 4 aromatic rings. The van der Waals surface area contributed by atoms with Crippen LogP contribution in [0.15, 0.2) is 77.6 Å². The van der Waals surface area contributed by atoms with Crippen LogP contribution in [0.25, 0.3) is 27.7 Å². The molecule has 1 aliphatic heterocycles. The number of hydrogen-bond donors (Lipinski definition) is 0. The third-order valence-electron chi connectivity index (χ3n) is 6.49. The summed E-state index contributed by atoms with van der Waals surface area (Å²) in [5, 5.41) is 1.45. The summed E-state index contributed by atoms with van der Waals surface area (Å²) in [5.74, 6) is 2.18. The highest BCUT2D eigenvalue weighted by Gasteiger charge is 2.15. The van der Waals surface area contributed by atoms with E-state index in [0.29, 0.717) is 17.7 Å². The Morgan fingerprint density at radius 2 is 1.47 bits per heavy atom. The molecule has 3 aromatic carbocycles. The second-order valence-electron chi connectivity index (χ2n) is 8.65. The van der Waals surface area contributed by atoms with Crippen LogP contribution in [-0.2, 0) is 4.74 Å². The molecule has 1 aromatic heterocycles. The molecule has 7 heteroatoms. The van der Waals surface area contributed by atoms with Crippen molar-refractivity contribution >= 4 is 10.8 Å². The van der Waals surface area contributed by atoms with Gasteiger partial charge >= 0.3 is 0 Å². The number of methoxy groups -OCH3 is 2. The van der Waals surface area contributed by atoms with E-state index >= 15 is 0 Å². The van der Waals surface area contributed by atoms with Crippen molar-refractivity contribution in [1.29, 1.82) is 0 Å². The molecule has 0 atom stereocenters. The maximum absolute atomic E-state index is 13.8. The SMILES string of the molecule is COc1ccc(-c2cc3ccc(OC)cc3c(=O)n2-c2ccc(OCCN3CCOCC3)cc2)cc1. The van der Waals surface area contributed by atoms with Gasteiger partial charge in [-0.3, -0.25) is 14.3 Å². The van der Waals surface area contributed by atoms with Crippen molar-refractivity contribution in [2.75, 3.05) is 53.7 Å².